The normalized spacial score (nSPS) is 10.0. The second-order valence-electron chi connectivity index (χ2n) is 2.71. The maximum atomic E-state index is 2.39. The van der Waals surface area contributed by atoms with Crippen molar-refractivity contribution in [2.24, 2.45) is 0 Å². The summed E-state index contributed by atoms with van der Waals surface area (Å²) in [7, 11) is 0. The standard InChI is InChI=1S/C9H11I/c1-6-4-7(2)9(10)8(3)5-6/h4-5H,1-3H3/i10+4. The molecule has 0 aromatic heterocycles. The summed E-state index contributed by atoms with van der Waals surface area (Å²) in [6, 6.07) is 4.43. The quantitative estimate of drug-likeness (QED) is 0.620. The Morgan fingerprint density at radius 2 is 1.40 bits per heavy atom. The van der Waals surface area contributed by atoms with Crippen LogP contribution in [0.2, 0.25) is 0 Å². The van der Waals surface area contributed by atoms with Gasteiger partial charge in [0.1, 0.15) is 0 Å². The van der Waals surface area contributed by atoms with Gasteiger partial charge < -0.3 is 0 Å². The maximum absolute atomic E-state index is 2.39. The first-order valence-corrected chi connectivity index (χ1v) is 4.42. The summed E-state index contributed by atoms with van der Waals surface area (Å²) in [4.78, 5) is 0. The Labute approximate surface area is 75.8 Å². The molecule has 1 rings (SSSR count). The highest BCUT2D eigenvalue weighted by Crippen LogP contribution is 2.17. The molecule has 0 fully saturated rings. The summed E-state index contributed by atoms with van der Waals surface area (Å²) in [6.45, 7) is 6.44. The lowest BCUT2D eigenvalue weighted by atomic mass is 10.1. The molecule has 0 heterocycles. The van der Waals surface area contributed by atoms with Crippen LogP contribution < -0.4 is 0 Å². The van der Waals surface area contributed by atoms with Gasteiger partial charge >= 0.3 is 0 Å². The zero-order chi connectivity index (χ0) is 7.72. The molecule has 0 unspecified atom stereocenters. The van der Waals surface area contributed by atoms with E-state index in [4.69, 9.17) is 0 Å². The fourth-order valence-corrected chi connectivity index (χ4v) is 1.47. The fraction of sp³-hybridized carbons (Fsp3) is 0.333. The molecule has 1 aromatic carbocycles. The average Bonchev–Trinajstić information content (AvgIpc) is 1.82. The molecule has 10 heavy (non-hydrogen) atoms. The van der Waals surface area contributed by atoms with E-state index in [-0.39, 0.29) is 0 Å². The van der Waals surface area contributed by atoms with Crippen LogP contribution in [0.25, 0.3) is 0 Å². The number of aryl methyl sites for hydroxylation is 3. The Kier molecular flexibility index (Phi) is 2.34. The van der Waals surface area contributed by atoms with Crippen molar-refractivity contribution in [2.45, 2.75) is 20.8 Å². The second kappa shape index (κ2) is 2.91. The van der Waals surface area contributed by atoms with Crippen LogP contribution in [0.1, 0.15) is 16.7 Å². The van der Waals surface area contributed by atoms with E-state index in [1.165, 1.54) is 20.3 Å². The van der Waals surface area contributed by atoms with E-state index in [0.717, 1.165) is 0 Å². The third-order valence-electron chi connectivity index (χ3n) is 1.58. The predicted molar refractivity (Wildman–Crippen MR) is 53.4 cm³/mol. The lowest BCUT2D eigenvalue weighted by molar-refractivity contribution is 1.29. The molecule has 0 atom stereocenters. The van der Waals surface area contributed by atoms with Gasteiger partial charge in [0.05, 0.1) is 0 Å². The molecule has 0 saturated carbocycles. The molecular formula is C9H11I. The molecule has 0 amide bonds. The highest BCUT2D eigenvalue weighted by molar-refractivity contribution is 14.1. The van der Waals surface area contributed by atoms with E-state index in [9.17, 15) is 0 Å². The number of halogens is 1. The van der Waals surface area contributed by atoms with E-state index in [2.05, 4.69) is 55.5 Å². The minimum atomic E-state index is 1.36. The Hall–Kier alpha value is -0.0500. The van der Waals surface area contributed by atoms with Gasteiger partial charge in [-0.3, -0.25) is 0 Å². The topological polar surface area (TPSA) is 0 Å². The van der Waals surface area contributed by atoms with Crippen LogP contribution in [-0.2, 0) is 0 Å². The third kappa shape index (κ3) is 1.51. The largest absolute Gasteiger partial charge is 0.0553 e. The number of hydrogen-bond acceptors (Lipinski definition) is 0. The summed E-state index contributed by atoms with van der Waals surface area (Å²) < 4.78 is 1.39. The first-order chi connectivity index (χ1) is 4.61. The van der Waals surface area contributed by atoms with Gasteiger partial charge in [0.25, 0.3) is 0 Å². The summed E-state index contributed by atoms with van der Waals surface area (Å²) in [5, 5.41) is 0. The zero-order valence-electron chi connectivity index (χ0n) is 6.53. The fourth-order valence-electron chi connectivity index (χ4n) is 1.16. The SMILES string of the molecule is Cc1cc(C)c([131I])c(C)c1. The van der Waals surface area contributed by atoms with Crippen molar-refractivity contribution in [3.05, 3.63) is 32.4 Å². The number of rotatable bonds is 0. The van der Waals surface area contributed by atoms with Crippen molar-refractivity contribution >= 4 is 22.6 Å². The first kappa shape index (κ1) is 8.05. The van der Waals surface area contributed by atoms with Crippen LogP contribution in [0, 0.1) is 24.3 Å². The molecular weight excluding hydrogens is 239 g/mol. The van der Waals surface area contributed by atoms with Crippen LogP contribution in [0.5, 0.6) is 0 Å². The Bertz CT molecular complexity index is 228. The number of hydrogen-bond donors (Lipinski definition) is 0. The highest BCUT2D eigenvalue weighted by Gasteiger charge is 1.97. The third-order valence-corrected chi connectivity index (χ3v) is 3.28. The summed E-state index contributed by atoms with van der Waals surface area (Å²) in [5.74, 6) is 0. The molecule has 0 nitrogen and oxygen atoms in total. The number of benzene rings is 1. The van der Waals surface area contributed by atoms with E-state index in [1.807, 2.05) is 0 Å². The van der Waals surface area contributed by atoms with Crippen LogP contribution in [-0.4, -0.2) is 0 Å². The van der Waals surface area contributed by atoms with Gasteiger partial charge in [0.2, 0.25) is 0 Å². The van der Waals surface area contributed by atoms with Crippen molar-refractivity contribution in [1.82, 2.24) is 0 Å². The minimum Gasteiger partial charge on any atom is -0.0553 e. The summed E-state index contributed by atoms with van der Waals surface area (Å²) >= 11 is 2.39. The van der Waals surface area contributed by atoms with Crippen LogP contribution in [0.15, 0.2) is 12.1 Å². The Morgan fingerprint density at radius 3 is 1.80 bits per heavy atom. The zero-order valence-corrected chi connectivity index (χ0v) is 8.69. The van der Waals surface area contributed by atoms with Crippen molar-refractivity contribution in [3.8, 4) is 0 Å². The van der Waals surface area contributed by atoms with E-state index >= 15 is 0 Å². The smallest absolute Gasteiger partial charge is 0.0188 e. The van der Waals surface area contributed by atoms with Crippen molar-refractivity contribution in [1.29, 1.82) is 0 Å². The van der Waals surface area contributed by atoms with Gasteiger partial charge in [0, 0.05) is 3.57 Å². The van der Waals surface area contributed by atoms with Crippen molar-refractivity contribution < 1.29 is 0 Å². The molecule has 1 aromatic rings. The molecule has 0 N–H and O–H groups in total. The van der Waals surface area contributed by atoms with Crippen molar-refractivity contribution in [2.75, 3.05) is 0 Å². The van der Waals surface area contributed by atoms with E-state index in [1.54, 1.807) is 0 Å². The molecule has 1 heteroatoms. The Balaban J connectivity index is 3.31. The van der Waals surface area contributed by atoms with Gasteiger partial charge in [-0.2, -0.15) is 0 Å². The molecule has 0 radical (unpaired) electrons. The lowest BCUT2D eigenvalue weighted by Gasteiger charge is -2.03. The minimum absolute atomic E-state index is 1.36. The van der Waals surface area contributed by atoms with Gasteiger partial charge in [-0.25, -0.2) is 0 Å². The predicted octanol–water partition coefficient (Wildman–Crippen LogP) is 3.22. The van der Waals surface area contributed by atoms with E-state index < -0.39 is 0 Å². The van der Waals surface area contributed by atoms with Crippen LogP contribution in [0.3, 0.4) is 0 Å². The van der Waals surface area contributed by atoms with Crippen LogP contribution >= 0.6 is 22.6 Å². The molecule has 0 aliphatic rings. The van der Waals surface area contributed by atoms with E-state index in [0.29, 0.717) is 0 Å². The van der Waals surface area contributed by atoms with Crippen molar-refractivity contribution in [3.63, 3.8) is 0 Å². The molecule has 0 saturated heterocycles. The van der Waals surface area contributed by atoms with Gasteiger partial charge in [0.15, 0.2) is 0 Å². The first-order valence-electron chi connectivity index (χ1n) is 3.34. The molecule has 54 valence electrons. The maximum Gasteiger partial charge on any atom is 0.0188 e. The van der Waals surface area contributed by atoms with Gasteiger partial charge in [-0.05, 0) is 54.5 Å². The lowest BCUT2D eigenvalue weighted by Crippen LogP contribution is -1.86. The molecule has 0 spiro atoms. The van der Waals surface area contributed by atoms with Gasteiger partial charge in [-0.1, -0.05) is 17.7 Å². The summed E-state index contributed by atoms with van der Waals surface area (Å²) in [5.41, 5.74) is 4.13. The monoisotopic (exact) mass is 250 g/mol. The highest BCUT2D eigenvalue weighted by atomic mass is 131. The van der Waals surface area contributed by atoms with Crippen LogP contribution in [0.4, 0.5) is 0 Å². The average molecular weight is 250 g/mol. The van der Waals surface area contributed by atoms with Gasteiger partial charge in [-0.15, -0.1) is 0 Å². The summed E-state index contributed by atoms with van der Waals surface area (Å²) in [6.07, 6.45) is 0. The molecule has 0 aliphatic heterocycles. The Morgan fingerprint density at radius 1 is 1.00 bits per heavy atom. The molecule has 0 bridgehead atoms. The second-order valence-corrected chi connectivity index (χ2v) is 3.79. The molecule has 0 aliphatic carbocycles.